The Bertz CT molecular complexity index is 873. The largest absolute Gasteiger partial charge is 0.495 e. The van der Waals surface area contributed by atoms with E-state index in [1.165, 1.54) is 13.2 Å². The molecule has 6 nitrogen and oxygen atoms in total. The molecular weight excluding hydrogens is 371 g/mol. The summed E-state index contributed by atoms with van der Waals surface area (Å²) in [6.45, 7) is 2.08. The molecule has 1 aliphatic heterocycles. The lowest BCUT2D eigenvalue weighted by molar-refractivity contribution is 0.0951. The third-order valence-electron chi connectivity index (χ3n) is 4.10. The van der Waals surface area contributed by atoms with Crippen LogP contribution in [-0.2, 0) is 13.1 Å². The number of nitrogens with one attached hydrogen (secondary N) is 3. The Morgan fingerprint density at radius 3 is 2.85 bits per heavy atom. The van der Waals surface area contributed by atoms with E-state index >= 15 is 0 Å². The van der Waals surface area contributed by atoms with Crippen molar-refractivity contribution in [3.05, 3.63) is 63.9 Å². The normalized spacial score (nSPS) is 12.9. The van der Waals surface area contributed by atoms with Crippen LogP contribution in [0.1, 0.15) is 21.5 Å². The van der Waals surface area contributed by atoms with Gasteiger partial charge in [0.25, 0.3) is 5.91 Å². The predicted molar refractivity (Wildman–Crippen MR) is 103 cm³/mol. The van der Waals surface area contributed by atoms with E-state index in [0.29, 0.717) is 40.9 Å². The average molecular weight is 391 g/mol. The van der Waals surface area contributed by atoms with E-state index in [1.54, 1.807) is 30.3 Å². The fourth-order valence-electron chi connectivity index (χ4n) is 2.66. The van der Waals surface area contributed by atoms with Crippen molar-refractivity contribution in [1.29, 1.82) is 0 Å². The molecule has 8 heteroatoms. The zero-order valence-electron chi connectivity index (χ0n) is 14.8. The molecule has 0 atom stereocenters. The van der Waals surface area contributed by atoms with Crippen LogP contribution in [0.4, 0.5) is 4.39 Å². The number of hydrogen-bond acceptors (Lipinski definition) is 5. The molecular formula is C19H20ClFN4O2. The fraction of sp³-hybridized carbons (Fsp3) is 0.263. The Hall–Kier alpha value is -2.80. The van der Waals surface area contributed by atoms with Gasteiger partial charge in [0.1, 0.15) is 11.6 Å². The Morgan fingerprint density at radius 1 is 1.30 bits per heavy atom. The molecule has 0 aliphatic carbocycles. The highest BCUT2D eigenvalue weighted by molar-refractivity contribution is 6.32. The number of benzene rings is 2. The van der Waals surface area contributed by atoms with Crippen molar-refractivity contribution in [1.82, 2.24) is 16.0 Å². The summed E-state index contributed by atoms with van der Waals surface area (Å²) < 4.78 is 19.1. The van der Waals surface area contributed by atoms with Crippen molar-refractivity contribution in [3.8, 4) is 5.75 Å². The zero-order chi connectivity index (χ0) is 19.2. The minimum absolute atomic E-state index is 0.270. The molecule has 1 amide bonds. The number of ether oxygens (including phenoxy) is 1. The van der Waals surface area contributed by atoms with E-state index in [-0.39, 0.29) is 18.3 Å². The number of methoxy groups -OCH3 is 1. The van der Waals surface area contributed by atoms with E-state index in [0.717, 1.165) is 12.1 Å². The van der Waals surface area contributed by atoms with Gasteiger partial charge >= 0.3 is 0 Å². The molecule has 3 rings (SSSR count). The number of hydrogen-bond donors (Lipinski definition) is 3. The van der Waals surface area contributed by atoms with Crippen LogP contribution >= 0.6 is 11.6 Å². The number of carbonyl (C=O) groups is 1. The van der Waals surface area contributed by atoms with Gasteiger partial charge in [-0.3, -0.25) is 9.79 Å². The molecule has 2 aromatic carbocycles. The van der Waals surface area contributed by atoms with Gasteiger partial charge < -0.3 is 20.7 Å². The van der Waals surface area contributed by atoms with Gasteiger partial charge in [-0.2, -0.15) is 0 Å². The smallest absolute Gasteiger partial charge is 0.251 e. The van der Waals surface area contributed by atoms with Crippen LogP contribution < -0.4 is 20.7 Å². The maximum Gasteiger partial charge on any atom is 0.251 e. The Labute approximate surface area is 161 Å². The molecule has 0 saturated carbocycles. The monoisotopic (exact) mass is 390 g/mol. The third-order valence-corrected chi connectivity index (χ3v) is 4.39. The first-order valence-corrected chi connectivity index (χ1v) is 8.86. The van der Waals surface area contributed by atoms with Crippen molar-refractivity contribution in [2.45, 2.75) is 13.1 Å². The second-order valence-corrected chi connectivity index (χ2v) is 6.38. The minimum atomic E-state index is -0.307. The van der Waals surface area contributed by atoms with Gasteiger partial charge in [-0.1, -0.05) is 17.7 Å². The summed E-state index contributed by atoms with van der Waals surface area (Å²) in [5, 5.41) is 9.30. The van der Waals surface area contributed by atoms with Crippen LogP contribution in [0.2, 0.25) is 5.02 Å². The molecule has 27 heavy (non-hydrogen) atoms. The second kappa shape index (κ2) is 8.73. The summed E-state index contributed by atoms with van der Waals surface area (Å²) in [7, 11) is 1.51. The maximum absolute atomic E-state index is 14.0. The van der Waals surface area contributed by atoms with Crippen LogP contribution in [0.3, 0.4) is 0 Å². The van der Waals surface area contributed by atoms with E-state index in [2.05, 4.69) is 20.9 Å². The SMILES string of the molecule is COc1ccc(C(=O)NCc2ccc(F)c(CNC3=NCCN3)c2)cc1Cl. The molecule has 0 spiro atoms. The molecule has 3 N–H and O–H groups in total. The first-order valence-electron chi connectivity index (χ1n) is 8.48. The van der Waals surface area contributed by atoms with Crippen LogP contribution in [0.25, 0.3) is 0 Å². The molecule has 0 aromatic heterocycles. The Kier molecular flexibility index (Phi) is 6.13. The molecule has 0 bridgehead atoms. The summed E-state index contributed by atoms with van der Waals surface area (Å²) in [6, 6.07) is 9.58. The molecule has 2 aromatic rings. The fourth-order valence-corrected chi connectivity index (χ4v) is 2.92. The molecule has 142 valence electrons. The molecule has 0 fully saturated rings. The quantitative estimate of drug-likeness (QED) is 0.708. The summed E-state index contributed by atoms with van der Waals surface area (Å²) in [6.07, 6.45) is 0. The maximum atomic E-state index is 14.0. The van der Waals surface area contributed by atoms with Crippen LogP contribution in [0.5, 0.6) is 5.75 Å². The molecule has 1 aliphatic rings. The number of guanidine groups is 1. The molecule has 0 radical (unpaired) electrons. The number of aliphatic imine (C=N–C) groups is 1. The van der Waals surface area contributed by atoms with Gasteiger partial charge in [0.2, 0.25) is 0 Å². The number of amides is 1. The van der Waals surface area contributed by atoms with Gasteiger partial charge in [-0.05, 0) is 35.9 Å². The Balaban J connectivity index is 1.60. The predicted octanol–water partition coefficient (Wildman–Crippen LogP) is 2.47. The molecule has 1 heterocycles. The van der Waals surface area contributed by atoms with Crippen LogP contribution in [0, 0.1) is 5.82 Å². The van der Waals surface area contributed by atoms with E-state index in [9.17, 15) is 9.18 Å². The number of rotatable bonds is 6. The summed E-state index contributed by atoms with van der Waals surface area (Å²) in [5.74, 6) is 0.598. The van der Waals surface area contributed by atoms with Gasteiger partial charge in [0, 0.05) is 30.8 Å². The van der Waals surface area contributed by atoms with Crippen LogP contribution in [0.15, 0.2) is 41.4 Å². The van der Waals surface area contributed by atoms with Crippen molar-refractivity contribution < 1.29 is 13.9 Å². The summed E-state index contributed by atoms with van der Waals surface area (Å²) in [5.41, 5.74) is 1.73. The summed E-state index contributed by atoms with van der Waals surface area (Å²) >= 11 is 6.05. The topological polar surface area (TPSA) is 74.8 Å². The van der Waals surface area contributed by atoms with Crippen molar-refractivity contribution in [3.63, 3.8) is 0 Å². The highest BCUT2D eigenvalue weighted by atomic mass is 35.5. The van der Waals surface area contributed by atoms with Gasteiger partial charge in [0.05, 0.1) is 18.7 Å². The van der Waals surface area contributed by atoms with Gasteiger partial charge in [-0.25, -0.2) is 4.39 Å². The average Bonchev–Trinajstić information content (AvgIpc) is 3.19. The van der Waals surface area contributed by atoms with E-state index in [4.69, 9.17) is 16.3 Å². The van der Waals surface area contributed by atoms with E-state index in [1.807, 2.05) is 0 Å². The highest BCUT2D eigenvalue weighted by Gasteiger charge is 2.11. The standard InChI is InChI=1S/C19H20ClFN4O2/c1-27-17-5-3-13(9-15(17)20)18(26)24-10-12-2-4-16(21)14(8-12)11-25-19-22-6-7-23-19/h2-5,8-9H,6-7,10-11H2,1H3,(H,24,26)(H2,22,23,25). The van der Waals surface area contributed by atoms with Crippen molar-refractivity contribution in [2.24, 2.45) is 4.99 Å². The zero-order valence-corrected chi connectivity index (χ0v) is 15.6. The van der Waals surface area contributed by atoms with Crippen molar-refractivity contribution in [2.75, 3.05) is 20.2 Å². The minimum Gasteiger partial charge on any atom is -0.495 e. The van der Waals surface area contributed by atoms with E-state index < -0.39 is 0 Å². The number of halogens is 2. The molecule has 0 unspecified atom stereocenters. The number of nitrogens with zero attached hydrogens (tertiary/aromatic N) is 1. The lowest BCUT2D eigenvalue weighted by atomic mass is 10.1. The lowest BCUT2D eigenvalue weighted by Crippen LogP contribution is -2.33. The first-order chi connectivity index (χ1) is 13.1. The first kappa shape index (κ1) is 19.0. The van der Waals surface area contributed by atoms with Crippen LogP contribution in [-0.4, -0.2) is 32.1 Å². The Morgan fingerprint density at radius 2 is 2.15 bits per heavy atom. The van der Waals surface area contributed by atoms with Gasteiger partial charge in [0.15, 0.2) is 5.96 Å². The highest BCUT2D eigenvalue weighted by Crippen LogP contribution is 2.24. The molecule has 0 saturated heterocycles. The third kappa shape index (κ3) is 4.89. The van der Waals surface area contributed by atoms with Gasteiger partial charge in [-0.15, -0.1) is 0 Å². The second-order valence-electron chi connectivity index (χ2n) is 5.97. The number of carbonyl (C=O) groups excluding carboxylic acids is 1. The summed E-state index contributed by atoms with van der Waals surface area (Å²) in [4.78, 5) is 16.5. The lowest BCUT2D eigenvalue weighted by Gasteiger charge is -2.11. The van der Waals surface area contributed by atoms with Crippen molar-refractivity contribution >= 4 is 23.5 Å².